The number of fused-ring (bicyclic) bond motifs is 2. The summed E-state index contributed by atoms with van der Waals surface area (Å²) in [6, 6.07) is 0. The van der Waals surface area contributed by atoms with E-state index >= 15 is 0 Å². The van der Waals surface area contributed by atoms with E-state index in [-0.39, 0.29) is 29.2 Å². The number of esters is 2. The van der Waals surface area contributed by atoms with Gasteiger partial charge in [0.1, 0.15) is 0 Å². The van der Waals surface area contributed by atoms with Crippen molar-refractivity contribution in [1.29, 1.82) is 0 Å². The minimum absolute atomic E-state index is 0.0928. The molecule has 4 heteroatoms. The summed E-state index contributed by atoms with van der Waals surface area (Å²) in [7, 11) is 0. The molecule has 0 amide bonds. The third-order valence-electron chi connectivity index (χ3n) is 9.97. The predicted molar refractivity (Wildman–Crippen MR) is 126 cm³/mol. The lowest BCUT2D eigenvalue weighted by molar-refractivity contribution is -0.167. The molecular formula is C28H46O4. The Morgan fingerprint density at radius 2 is 1.19 bits per heavy atom. The van der Waals surface area contributed by atoms with Gasteiger partial charge in [0, 0.05) is 0 Å². The summed E-state index contributed by atoms with van der Waals surface area (Å²) in [5.74, 6) is 2.14. The van der Waals surface area contributed by atoms with Crippen LogP contribution in [-0.4, -0.2) is 25.2 Å². The molecule has 0 spiro atoms. The van der Waals surface area contributed by atoms with Crippen molar-refractivity contribution in [2.24, 2.45) is 46.8 Å². The summed E-state index contributed by atoms with van der Waals surface area (Å²) >= 11 is 0. The second-order valence-electron chi connectivity index (χ2n) is 12.0. The van der Waals surface area contributed by atoms with Crippen LogP contribution < -0.4 is 0 Å². The monoisotopic (exact) mass is 446 g/mol. The van der Waals surface area contributed by atoms with Gasteiger partial charge in [-0.15, -0.1) is 0 Å². The molecule has 4 unspecified atom stereocenters. The third kappa shape index (κ3) is 5.20. The molecule has 4 atom stereocenters. The quantitative estimate of drug-likeness (QED) is 0.396. The average Bonchev–Trinajstić information content (AvgIpc) is 3.35. The van der Waals surface area contributed by atoms with Crippen molar-refractivity contribution in [2.75, 3.05) is 13.2 Å². The molecule has 0 radical (unpaired) electrons. The minimum atomic E-state index is -0.309. The maximum atomic E-state index is 13.3. The first kappa shape index (κ1) is 24.1. The maximum Gasteiger partial charge on any atom is 0.310 e. The second kappa shape index (κ2) is 10.5. The zero-order chi connectivity index (χ0) is 22.7. The van der Waals surface area contributed by atoms with Crippen LogP contribution in [0.1, 0.15) is 104 Å². The zero-order valence-electron chi connectivity index (χ0n) is 20.8. The van der Waals surface area contributed by atoms with Crippen LogP contribution in [0.5, 0.6) is 0 Å². The van der Waals surface area contributed by atoms with Crippen LogP contribution in [0, 0.1) is 46.8 Å². The topological polar surface area (TPSA) is 52.6 Å². The molecule has 4 saturated carbocycles. The number of carbonyl (C=O) groups is 2. The lowest BCUT2D eigenvalue weighted by Crippen LogP contribution is -2.41. The molecule has 0 aromatic rings. The summed E-state index contributed by atoms with van der Waals surface area (Å²) in [6.07, 6.45) is 15.3. The van der Waals surface area contributed by atoms with E-state index in [4.69, 9.17) is 9.47 Å². The highest BCUT2D eigenvalue weighted by Crippen LogP contribution is 2.61. The van der Waals surface area contributed by atoms with Gasteiger partial charge in [-0.3, -0.25) is 9.59 Å². The number of hydrogen-bond acceptors (Lipinski definition) is 4. The van der Waals surface area contributed by atoms with Crippen LogP contribution in [-0.2, 0) is 19.1 Å². The molecular weight excluding hydrogens is 400 g/mol. The van der Waals surface area contributed by atoms with Gasteiger partial charge < -0.3 is 9.47 Å². The number of rotatable bonds is 8. The Balaban J connectivity index is 1.30. The Morgan fingerprint density at radius 1 is 0.719 bits per heavy atom. The summed E-state index contributed by atoms with van der Waals surface area (Å²) in [4.78, 5) is 26.5. The Labute approximate surface area is 195 Å². The van der Waals surface area contributed by atoms with E-state index in [1.54, 1.807) is 0 Å². The fraction of sp³-hybridized carbons (Fsp3) is 0.929. The molecule has 0 saturated heterocycles. The molecule has 0 aromatic heterocycles. The normalized spacial score (nSPS) is 41.4. The van der Waals surface area contributed by atoms with Crippen molar-refractivity contribution in [3.63, 3.8) is 0 Å². The van der Waals surface area contributed by atoms with Crippen LogP contribution in [0.25, 0.3) is 0 Å². The number of ether oxygens (including phenoxy) is 2. The van der Waals surface area contributed by atoms with Gasteiger partial charge in [0.25, 0.3) is 0 Å². The van der Waals surface area contributed by atoms with Crippen molar-refractivity contribution in [3.8, 4) is 0 Å². The molecule has 0 aliphatic heterocycles. The first-order chi connectivity index (χ1) is 15.4. The van der Waals surface area contributed by atoms with Crippen LogP contribution in [0.3, 0.4) is 0 Å². The van der Waals surface area contributed by atoms with Gasteiger partial charge in [-0.25, -0.2) is 0 Å². The molecule has 4 nitrogen and oxygen atoms in total. The Hall–Kier alpha value is -1.06. The summed E-state index contributed by atoms with van der Waals surface area (Å²) < 4.78 is 11.8. The van der Waals surface area contributed by atoms with E-state index in [0.29, 0.717) is 31.0 Å². The van der Waals surface area contributed by atoms with Gasteiger partial charge >= 0.3 is 11.9 Å². The van der Waals surface area contributed by atoms with E-state index in [9.17, 15) is 9.59 Å². The third-order valence-corrected chi connectivity index (χ3v) is 9.97. The highest BCUT2D eigenvalue weighted by Gasteiger charge is 2.61. The Bertz CT molecular complexity index is 644. The number of hydrogen-bond donors (Lipinski definition) is 0. The van der Waals surface area contributed by atoms with Gasteiger partial charge in [0.05, 0.1) is 25.0 Å². The fourth-order valence-electron chi connectivity index (χ4n) is 7.57. The van der Waals surface area contributed by atoms with Crippen LogP contribution in [0.4, 0.5) is 0 Å². The lowest BCUT2D eigenvalue weighted by atomic mass is 9.71. The SMILES string of the molecule is CCC1CCC(COC(=O)C2C3CCC(C)(C3)C2C(=O)OCC2CCC(CC)CC2)CC1. The van der Waals surface area contributed by atoms with Gasteiger partial charge in [0.2, 0.25) is 0 Å². The fourth-order valence-corrected chi connectivity index (χ4v) is 7.57. The Morgan fingerprint density at radius 3 is 1.69 bits per heavy atom. The van der Waals surface area contributed by atoms with Crippen LogP contribution in [0.15, 0.2) is 0 Å². The predicted octanol–water partition coefficient (Wildman–Crippen LogP) is 6.56. The Kier molecular flexibility index (Phi) is 7.88. The van der Waals surface area contributed by atoms with E-state index in [1.807, 2.05) is 0 Å². The molecule has 182 valence electrons. The van der Waals surface area contributed by atoms with E-state index in [1.165, 1.54) is 64.2 Å². The number of carbonyl (C=O) groups excluding carboxylic acids is 2. The standard InChI is InChI=1S/C28H46O4/c1-4-19-6-10-21(11-7-19)17-31-26(29)24-23-14-15-28(3,16-23)25(24)27(30)32-18-22-12-8-20(5-2)9-13-22/h19-25H,4-18H2,1-3H3. The highest BCUT2D eigenvalue weighted by atomic mass is 16.5. The van der Waals surface area contributed by atoms with Crippen molar-refractivity contribution < 1.29 is 19.1 Å². The zero-order valence-corrected chi connectivity index (χ0v) is 20.8. The summed E-state index contributed by atoms with van der Waals surface area (Å²) in [6.45, 7) is 7.82. The molecule has 0 N–H and O–H groups in total. The van der Waals surface area contributed by atoms with Crippen LogP contribution in [0.2, 0.25) is 0 Å². The highest BCUT2D eigenvalue weighted by molar-refractivity contribution is 5.84. The summed E-state index contributed by atoms with van der Waals surface area (Å²) in [5, 5.41) is 0. The molecule has 4 rings (SSSR count). The molecule has 32 heavy (non-hydrogen) atoms. The minimum Gasteiger partial charge on any atom is -0.465 e. The molecule has 4 fully saturated rings. The van der Waals surface area contributed by atoms with Gasteiger partial charge in [-0.05, 0) is 80.0 Å². The van der Waals surface area contributed by atoms with Crippen molar-refractivity contribution in [1.82, 2.24) is 0 Å². The van der Waals surface area contributed by atoms with Crippen molar-refractivity contribution in [2.45, 2.75) is 104 Å². The second-order valence-corrected chi connectivity index (χ2v) is 12.0. The first-order valence-electron chi connectivity index (χ1n) is 13.8. The smallest absolute Gasteiger partial charge is 0.310 e. The maximum absolute atomic E-state index is 13.3. The van der Waals surface area contributed by atoms with E-state index in [0.717, 1.165) is 31.1 Å². The molecule has 2 bridgehead atoms. The van der Waals surface area contributed by atoms with Gasteiger partial charge in [0.15, 0.2) is 0 Å². The molecule has 4 aliphatic rings. The molecule has 4 aliphatic carbocycles. The van der Waals surface area contributed by atoms with Gasteiger partial charge in [-0.1, -0.05) is 59.3 Å². The van der Waals surface area contributed by atoms with E-state index in [2.05, 4.69) is 20.8 Å². The van der Waals surface area contributed by atoms with Crippen molar-refractivity contribution in [3.05, 3.63) is 0 Å². The summed E-state index contributed by atoms with van der Waals surface area (Å²) in [5.41, 5.74) is -0.0928. The molecule has 0 heterocycles. The lowest BCUT2D eigenvalue weighted by Gasteiger charge is -2.35. The average molecular weight is 447 g/mol. The van der Waals surface area contributed by atoms with E-state index < -0.39 is 0 Å². The largest absolute Gasteiger partial charge is 0.465 e. The van der Waals surface area contributed by atoms with Crippen LogP contribution >= 0.6 is 0 Å². The van der Waals surface area contributed by atoms with Crippen molar-refractivity contribution >= 4 is 11.9 Å². The molecule has 0 aromatic carbocycles. The first-order valence-corrected chi connectivity index (χ1v) is 13.8. The van der Waals surface area contributed by atoms with Gasteiger partial charge in [-0.2, -0.15) is 0 Å².